The summed E-state index contributed by atoms with van der Waals surface area (Å²) >= 11 is 0. The Morgan fingerprint density at radius 3 is 2.48 bits per heavy atom. The number of rotatable bonds is 7. The van der Waals surface area contributed by atoms with Gasteiger partial charge in [0.25, 0.3) is 5.90 Å². The number of carbonyl (C=O) groups excluding carboxylic acids is 1. The van der Waals surface area contributed by atoms with Crippen molar-refractivity contribution >= 4 is 11.9 Å². The summed E-state index contributed by atoms with van der Waals surface area (Å²) in [4.78, 5) is 16.5. The van der Waals surface area contributed by atoms with Gasteiger partial charge in [-0.25, -0.2) is 0 Å². The zero-order valence-electron chi connectivity index (χ0n) is 14.4. The zero-order valence-corrected chi connectivity index (χ0v) is 14.4. The van der Waals surface area contributed by atoms with Crippen LogP contribution in [0.25, 0.3) is 0 Å². The second kappa shape index (κ2) is 9.27. The topological polar surface area (TPSA) is 57.1 Å². The molecule has 2 rings (SSSR count). The molecule has 5 nitrogen and oxygen atoms in total. The number of hydrogen-bond acceptors (Lipinski definition) is 5. The first-order chi connectivity index (χ1) is 12.2. The van der Waals surface area contributed by atoms with E-state index in [4.69, 9.17) is 14.3 Å². The molecule has 0 bridgehead atoms. The molecule has 0 aliphatic heterocycles. The van der Waals surface area contributed by atoms with Crippen molar-refractivity contribution < 1.29 is 19.1 Å². The lowest BCUT2D eigenvalue weighted by Crippen LogP contribution is -2.16. The number of hydrogen-bond donors (Lipinski definition) is 0. The van der Waals surface area contributed by atoms with Crippen molar-refractivity contribution in [3.05, 3.63) is 77.9 Å². The highest BCUT2D eigenvalue weighted by molar-refractivity contribution is 5.97. The first-order valence-corrected chi connectivity index (χ1v) is 7.82. The van der Waals surface area contributed by atoms with Crippen LogP contribution in [-0.4, -0.2) is 26.1 Å². The molecule has 2 aromatic carbocycles. The molecule has 2 aromatic rings. The highest BCUT2D eigenvalue weighted by atomic mass is 16.6. The molecule has 0 radical (unpaired) electrons. The Labute approximate surface area is 147 Å². The van der Waals surface area contributed by atoms with Crippen LogP contribution < -0.4 is 4.74 Å². The van der Waals surface area contributed by atoms with Crippen molar-refractivity contribution in [1.82, 2.24) is 0 Å². The van der Waals surface area contributed by atoms with Gasteiger partial charge in [-0.3, -0.25) is 4.79 Å². The molecule has 0 fully saturated rings. The van der Waals surface area contributed by atoms with E-state index in [1.807, 2.05) is 54.6 Å². The molecule has 0 saturated heterocycles. The third kappa shape index (κ3) is 5.21. The summed E-state index contributed by atoms with van der Waals surface area (Å²) in [6.45, 7) is 3.73. The van der Waals surface area contributed by atoms with Gasteiger partial charge in [0.05, 0.1) is 13.5 Å². The Hall–Kier alpha value is -3.08. The van der Waals surface area contributed by atoms with E-state index in [0.717, 1.165) is 17.5 Å². The van der Waals surface area contributed by atoms with E-state index >= 15 is 0 Å². The van der Waals surface area contributed by atoms with E-state index in [1.165, 1.54) is 14.2 Å². The van der Waals surface area contributed by atoms with E-state index in [1.54, 1.807) is 0 Å². The van der Waals surface area contributed by atoms with Crippen LogP contribution in [0.1, 0.15) is 16.7 Å². The molecule has 25 heavy (non-hydrogen) atoms. The molecule has 0 heterocycles. The summed E-state index contributed by atoms with van der Waals surface area (Å²) in [7, 11) is 2.80. The molecule has 130 valence electrons. The predicted octanol–water partition coefficient (Wildman–Crippen LogP) is 3.52. The largest absolute Gasteiger partial charge is 0.469 e. The number of carbonyl (C=O) groups is 1. The van der Waals surface area contributed by atoms with Gasteiger partial charge in [0.2, 0.25) is 0 Å². The lowest BCUT2D eigenvalue weighted by atomic mass is 10.0. The molecule has 0 aliphatic rings. The Morgan fingerprint density at radius 1 is 1.12 bits per heavy atom. The molecular formula is C20H21NO4. The van der Waals surface area contributed by atoms with Gasteiger partial charge in [0, 0.05) is 5.56 Å². The Kier molecular flexibility index (Phi) is 6.77. The number of esters is 1. The fraction of sp³-hybridized carbons (Fsp3) is 0.200. The van der Waals surface area contributed by atoms with Crippen molar-refractivity contribution in [3.8, 4) is 5.75 Å². The summed E-state index contributed by atoms with van der Waals surface area (Å²) in [6, 6.07) is 15.0. The van der Waals surface area contributed by atoms with E-state index in [9.17, 15) is 4.79 Å². The first kappa shape index (κ1) is 18.3. The molecule has 0 N–H and O–H groups in total. The van der Waals surface area contributed by atoms with Crippen LogP contribution in [0.2, 0.25) is 0 Å². The summed E-state index contributed by atoms with van der Waals surface area (Å²) in [5.74, 6) is 0.563. The number of allylic oxidation sites excluding steroid dienone is 1. The lowest BCUT2D eigenvalue weighted by molar-refractivity contribution is -0.139. The molecule has 0 saturated carbocycles. The minimum Gasteiger partial charge on any atom is -0.469 e. The zero-order chi connectivity index (χ0) is 18.1. The monoisotopic (exact) mass is 339 g/mol. The molecular weight excluding hydrogens is 318 g/mol. The van der Waals surface area contributed by atoms with Crippen LogP contribution in [0.5, 0.6) is 5.75 Å². The minimum absolute atomic E-state index is 0.122. The van der Waals surface area contributed by atoms with Crippen LogP contribution in [0, 0.1) is 0 Å². The van der Waals surface area contributed by atoms with Gasteiger partial charge in [-0.15, -0.1) is 6.58 Å². The van der Waals surface area contributed by atoms with Crippen molar-refractivity contribution in [2.24, 2.45) is 5.16 Å². The first-order valence-electron chi connectivity index (χ1n) is 7.82. The number of methoxy groups -OCH3 is 1. The highest BCUT2D eigenvalue weighted by Gasteiger charge is 2.15. The maximum absolute atomic E-state index is 11.6. The van der Waals surface area contributed by atoms with Gasteiger partial charge in [0.1, 0.15) is 12.9 Å². The van der Waals surface area contributed by atoms with Gasteiger partial charge >= 0.3 is 5.97 Å². The third-order valence-electron chi connectivity index (χ3n) is 3.50. The molecule has 0 atom stereocenters. The van der Waals surface area contributed by atoms with Crippen LogP contribution in [0.3, 0.4) is 0 Å². The standard InChI is InChI=1S/C20H21NO4/c1-4-7-15-10-12-17(13-11-15)25-20(21-24-3)18-9-6-5-8-16(18)14-19(22)23-2/h4-6,8-13H,1,7,14H2,2-3H3/b21-20+. The predicted molar refractivity (Wildman–Crippen MR) is 96.7 cm³/mol. The van der Waals surface area contributed by atoms with Crippen molar-refractivity contribution in [2.75, 3.05) is 14.2 Å². The molecule has 0 aliphatic carbocycles. The average Bonchev–Trinajstić information content (AvgIpc) is 2.63. The lowest BCUT2D eigenvalue weighted by Gasteiger charge is -2.12. The van der Waals surface area contributed by atoms with E-state index in [0.29, 0.717) is 11.3 Å². The number of oxime groups is 1. The third-order valence-corrected chi connectivity index (χ3v) is 3.50. The van der Waals surface area contributed by atoms with Crippen LogP contribution in [-0.2, 0) is 27.2 Å². The minimum atomic E-state index is -0.335. The van der Waals surface area contributed by atoms with Gasteiger partial charge in [-0.05, 0) is 40.9 Å². The Bertz CT molecular complexity index is 751. The summed E-state index contributed by atoms with van der Waals surface area (Å²) in [6.07, 6.45) is 2.76. The second-order valence-electron chi connectivity index (χ2n) is 5.23. The van der Waals surface area contributed by atoms with E-state index < -0.39 is 0 Å². The number of ether oxygens (including phenoxy) is 2. The van der Waals surface area contributed by atoms with E-state index in [-0.39, 0.29) is 18.3 Å². The average molecular weight is 339 g/mol. The number of nitrogens with zero attached hydrogens (tertiary/aromatic N) is 1. The van der Waals surface area contributed by atoms with E-state index in [2.05, 4.69) is 11.7 Å². The fourth-order valence-corrected chi connectivity index (χ4v) is 2.29. The molecule has 0 spiro atoms. The van der Waals surface area contributed by atoms with Gasteiger partial charge in [-0.1, -0.05) is 36.4 Å². The molecule has 0 amide bonds. The van der Waals surface area contributed by atoms with Gasteiger partial charge in [-0.2, -0.15) is 0 Å². The smallest absolute Gasteiger partial charge is 0.310 e. The summed E-state index contributed by atoms with van der Waals surface area (Å²) in [5, 5.41) is 3.97. The molecule has 5 heteroatoms. The van der Waals surface area contributed by atoms with Crippen molar-refractivity contribution in [2.45, 2.75) is 12.8 Å². The van der Waals surface area contributed by atoms with Crippen LogP contribution in [0.15, 0.2) is 66.3 Å². The summed E-state index contributed by atoms with van der Waals surface area (Å²) < 4.78 is 10.6. The highest BCUT2D eigenvalue weighted by Crippen LogP contribution is 2.18. The maximum atomic E-state index is 11.6. The Morgan fingerprint density at radius 2 is 1.84 bits per heavy atom. The van der Waals surface area contributed by atoms with Crippen LogP contribution >= 0.6 is 0 Å². The van der Waals surface area contributed by atoms with Crippen LogP contribution in [0.4, 0.5) is 0 Å². The molecule has 0 unspecified atom stereocenters. The number of benzene rings is 2. The Balaban J connectivity index is 2.28. The maximum Gasteiger partial charge on any atom is 0.310 e. The fourth-order valence-electron chi connectivity index (χ4n) is 2.29. The van der Waals surface area contributed by atoms with Crippen molar-refractivity contribution in [1.29, 1.82) is 0 Å². The SMILES string of the molecule is C=CCc1ccc(O/C(=N/OC)c2ccccc2CC(=O)OC)cc1. The van der Waals surface area contributed by atoms with Gasteiger partial charge < -0.3 is 14.3 Å². The van der Waals surface area contributed by atoms with Crippen molar-refractivity contribution in [3.63, 3.8) is 0 Å². The normalized spacial score (nSPS) is 10.9. The molecule has 0 aromatic heterocycles. The second-order valence-corrected chi connectivity index (χ2v) is 5.23. The summed E-state index contributed by atoms with van der Waals surface area (Å²) in [5.41, 5.74) is 2.55. The quantitative estimate of drug-likeness (QED) is 0.255. The van der Waals surface area contributed by atoms with Gasteiger partial charge in [0.15, 0.2) is 0 Å².